The molecule has 0 spiro atoms. The van der Waals surface area contributed by atoms with Gasteiger partial charge in [0.05, 0.1) is 5.92 Å². The highest BCUT2D eigenvalue weighted by Crippen LogP contribution is 2.31. The molecule has 0 saturated heterocycles. The van der Waals surface area contributed by atoms with Gasteiger partial charge in [-0.3, -0.25) is 4.79 Å². The van der Waals surface area contributed by atoms with Crippen molar-refractivity contribution < 1.29 is 9.90 Å². The number of nitrogens with two attached hydrogens (primary N) is 2. The van der Waals surface area contributed by atoms with Crippen molar-refractivity contribution >= 4 is 5.97 Å². The summed E-state index contributed by atoms with van der Waals surface area (Å²) in [5.74, 6) is -0.961. The van der Waals surface area contributed by atoms with Crippen molar-refractivity contribution in [2.24, 2.45) is 11.5 Å². The van der Waals surface area contributed by atoms with E-state index in [9.17, 15) is 4.79 Å². The average molecular weight is 236 g/mol. The Morgan fingerprint density at radius 1 is 1.29 bits per heavy atom. The molecule has 1 aromatic carbocycles. The van der Waals surface area contributed by atoms with Crippen LogP contribution >= 0.6 is 0 Å². The van der Waals surface area contributed by atoms with Crippen LogP contribution in [0, 0.1) is 0 Å². The molecule has 0 fully saturated rings. The zero-order chi connectivity index (χ0) is 12.7. The second-order valence-corrected chi connectivity index (χ2v) is 4.06. The summed E-state index contributed by atoms with van der Waals surface area (Å²) < 4.78 is 0. The van der Waals surface area contributed by atoms with E-state index >= 15 is 0 Å². The maximum atomic E-state index is 10.9. The van der Waals surface area contributed by atoms with Crippen LogP contribution in [-0.2, 0) is 11.2 Å². The predicted molar refractivity (Wildman–Crippen MR) is 67.9 cm³/mol. The van der Waals surface area contributed by atoms with Crippen LogP contribution in [-0.4, -0.2) is 24.2 Å². The van der Waals surface area contributed by atoms with Crippen molar-refractivity contribution in [3.8, 4) is 0 Å². The summed E-state index contributed by atoms with van der Waals surface area (Å²) >= 11 is 0. The first kappa shape index (κ1) is 13.7. The lowest BCUT2D eigenvalue weighted by Crippen LogP contribution is -2.17. The minimum absolute atomic E-state index is 0.273. The predicted octanol–water partition coefficient (Wildman–Crippen LogP) is 1.09. The fraction of sp³-hybridized carbons (Fsp3) is 0.462. The molecular formula is C13H20N2O2. The third-order valence-corrected chi connectivity index (χ3v) is 2.83. The summed E-state index contributed by atoms with van der Waals surface area (Å²) in [5, 5.41) is 8.99. The van der Waals surface area contributed by atoms with Gasteiger partial charge < -0.3 is 16.6 Å². The number of carbonyl (C=O) groups is 1. The molecule has 4 nitrogen and oxygen atoms in total. The van der Waals surface area contributed by atoms with E-state index in [-0.39, 0.29) is 5.92 Å². The van der Waals surface area contributed by atoms with E-state index < -0.39 is 5.97 Å². The van der Waals surface area contributed by atoms with Crippen LogP contribution in [0.25, 0.3) is 0 Å². The first-order chi connectivity index (χ1) is 8.20. The molecule has 0 aliphatic heterocycles. The van der Waals surface area contributed by atoms with Crippen molar-refractivity contribution in [1.29, 1.82) is 0 Å². The van der Waals surface area contributed by atoms with E-state index in [1.54, 1.807) is 0 Å². The summed E-state index contributed by atoms with van der Waals surface area (Å²) in [4.78, 5) is 10.9. The maximum absolute atomic E-state index is 10.9. The lowest BCUT2D eigenvalue weighted by atomic mass is 9.83. The monoisotopic (exact) mass is 236 g/mol. The zero-order valence-corrected chi connectivity index (χ0v) is 9.93. The maximum Gasteiger partial charge on any atom is 0.310 e. The molecule has 0 heterocycles. The fourth-order valence-corrected chi connectivity index (χ4v) is 2.01. The van der Waals surface area contributed by atoms with E-state index in [1.165, 1.54) is 5.56 Å². The first-order valence-electron chi connectivity index (χ1n) is 5.91. The van der Waals surface area contributed by atoms with Crippen molar-refractivity contribution in [3.63, 3.8) is 0 Å². The lowest BCUT2D eigenvalue weighted by molar-refractivity contribution is -0.139. The minimum Gasteiger partial charge on any atom is -0.481 e. The number of benzene rings is 1. The van der Waals surface area contributed by atoms with Crippen LogP contribution in [0.2, 0.25) is 0 Å². The number of carboxylic acids is 1. The molecule has 0 bridgehead atoms. The quantitative estimate of drug-likeness (QED) is 0.717. The van der Waals surface area contributed by atoms with Gasteiger partial charge in [-0.25, -0.2) is 0 Å². The van der Waals surface area contributed by atoms with Crippen LogP contribution in [0.5, 0.6) is 0 Å². The van der Waals surface area contributed by atoms with Gasteiger partial charge >= 0.3 is 5.97 Å². The largest absolute Gasteiger partial charge is 0.481 e. The summed E-state index contributed by atoms with van der Waals surface area (Å²) in [5.41, 5.74) is 12.0. The van der Waals surface area contributed by atoms with Gasteiger partial charge in [-0.1, -0.05) is 24.3 Å². The van der Waals surface area contributed by atoms with Crippen LogP contribution in [0.1, 0.15) is 29.9 Å². The number of fused-ring (bicyclic) bond motifs is 1. The van der Waals surface area contributed by atoms with Crippen LogP contribution in [0.15, 0.2) is 24.3 Å². The van der Waals surface area contributed by atoms with Crippen LogP contribution in [0.4, 0.5) is 0 Å². The van der Waals surface area contributed by atoms with Gasteiger partial charge in [-0.15, -0.1) is 0 Å². The molecule has 1 aromatic rings. The topological polar surface area (TPSA) is 89.3 Å². The molecule has 5 N–H and O–H groups in total. The molecule has 1 aliphatic rings. The second kappa shape index (κ2) is 7.04. The molecule has 4 heteroatoms. The number of carboxylic acid groups (broad SMARTS) is 1. The standard InChI is InChI=1S/C11H12O2.C2H8N2/c12-11(13)10-7-3-5-8-4-1-2-6-9(8)10;3-1-2-4/h1-2,4,6,10H,3,5,7H2,(H,12,13);1-4H2. The Labute approximate surface area is 102 Å². The highest BCUT2D eigenvalue weighted by molar-refractivity contribution is 5.77. The molecule has 0 saturated carbocycles. The molecule has 17 heavy (non-hydrogen) atoms. The number of aryl methyl sites for hydroxylation is 1. The molecule has 0 amide bonds. The molecular weight excluding hydrogens is 216 g/mol. The molecule has 1 unspecified atom stereocenters. The van der Waals surface area contributed by atoms with Gasteiger partial charge in [0, 0.05) is 13.1 Å². The van der Waals surface area contributed by atoms with Crippen LogP contribution in [0.3, 0.4) is 0 Å². The summed E-state index contributed by atoms with van der Waals surface area (Å²) in [7, 11) is 0. The Kier molecular flexibility index (Phi) is 5.66. The smallest absolute Gasteiger partial charge is 0.310 e. The molecule has 94 valence electrons. The van der Waals surface area contributed by atoms with E-state index in [0.717, 1.165) is 24.8 Å². The summed E-state index contributed by atoms with van der Waals surface area (Å²) in [6.45, 7) is 1.19. The molecule has 1 aliphatic carbocycles. The zero-order valence-electron chi connectivity index (χ0n) is 9.93. The van der Waals surface area contributed by atoms with Crippen molar-refractivity contribution in [2.45, 2.75) is 25.2 Å². The Morgan fingerprint density at radius 3 is 2.53 bits per heavy atom. The SMILES string of the molecule is NCCN.O=C(O)C1CCCc2ccccc21. The molecule has 1 atom stereocenters. The summed E-state index contributed by atoms with van der Waals surface area (Å²) in [6.07, 6.45) is 2.81. The normalized spacial score (nSPS) is 17.6. The number of hydrogen-bond donors (Lipinski definition) is 3. The van der Waals surface area contributed by atoms with Crippen LogP contribution < -0.4 is 11.5 Å². The number of rotatable bonds is 2. The van der Waals surface area contributed by atoms with E-state index in [4.69, 9.17) is 16.6 Å². The highest BCUT2D eigenvalue weighted by Gasteiger charge is 2.25. The second-order valence-electron chi connectivity index (χ2n) is 4.06. The Morgan fingerprint density at radius 2 is 1.94 bits per heavy atom. The van der Waals surface area contributed by atoms with Gasteiger partial charge in [-0.2, -0.15) is 0 Å². The molecule has 0 aromatic heterocycles. The van der Waals surface area contributed by atoms with Crippen molar-refractivity contribution in [2.75, 3.05) is 13.1 Å². The number of aliphatic carboxylic acids is 1. The Bertz CT molecular complexity index is 364. The van der Waals surface area contributed by atoms with Gasteiger partial charge in [-0.05, 0) is 30.4 Å². The fourth-order valence-electron chi connectivity index (χ4n) is 2.01. The third kappa shape index (κ3) is 3.84. The lowest BCUT2D eigenvalue weighted by Gasteiger charge is -2.21. The van der Waals surface area contributed by atoms with Gasteiger partial charge in [0.15, 0.2) is 0 Å². The van der Waals surface area contributed by atoms with Crippen molar-refractivity contribution in [3.05, 3.63) is 35.4 Å². The Hall–Kier alpha value is -1.39. The van der Waals surface area contributed by atoms with E-state index in [0.29, 0.717) is 13.1 Å². The highest BCUT2D eigenvalue weighted by atomic mass is 16.4. The third-order valence-electron chi connectivity index (χ3n) is 2.83. The van der Waals surface area contributed by atoms with E-state index in [1.807, 2.05) is 24.3 Å². The van der Waals surface area contributed by atoms with E-state index in [2.05, 4.69) is 0 Å². The minimum atomic E-state index is -0.688. The molecule has 0 radical (unpaired) electrons. The van der Waals surface area contributed by atoms with Gasteiger partial charge in [0.2, 0.25) is 0 Å². The van der Waals surface area contributed by atoms with Crippen molar-refractivity contribution in [1.82, 2.24) is 0 Å². The Balaban J connectivity index is 0.000000317. The van der Waals surface area contributed by atoms with Gasteiger partial charge in [0.1, 0.15) is 0 Å². The average Bonchev–Trinajstić information content (AvgIpc) is 2.38. The first-order valence-corrected chi connectivity index (χ1v) is 5.91. The molecule has 2 rings (SSSR count). The van der Waals surface area contributed by atoms with Gasteiger partial charge in [0.25, 0.3) is 0 Å². The summed E-state index contributed by atoms with van der Waals surface area (Å²) in [6, 6.07) is 7.86. The number of hydrogen-bond acceptors (Lipinski definition) is 3.